The highest BCUT2D eigenvalue weighted by molar-refractivity contribution is 7.09. The highest BCUT2D eigenvalue weighted by Gasteiger charge is 2.23. The summed E-state index contributed by atoms with van der Waals surface area (Å²) in [6.45, 7) is 4.71. The third-order valence-corrected chi connectivity index (χ3v) is 5.19. The molecule has 0 spiro atoms. The van der Waals surface area contributed by atoms with E-state index in [4.69, 9.17) is 0 Å². The number of carbonyl (C=O) groups is 2. The number of anilines is 2. The van der Waals surface area contributed by atoms with E-state index in [-0.39, 0.29) is 18.0 Å². The minimum absolute atomic E-state index is 0.0451. The van der Waals surface area contributed by atoms with Crippen molar-refractivity contribution in [1.29, 1.82) is 0 Å². The second-order valence-corrected chi connectivity index (χ2v) is 7.47. The lowest BCUT2D eigenvalue weighted by atomic mass is 10.1. The number of amides is 3. The number of hydrogen-bond donors (Lipinski definition) is 2. The summed E-state index contributed by atoms with van der Waals surface area (Å²) in [5.74, 6) is 0.147. The Morgan fingerprint density at radius 3 is 2.88 bits per heavy atom. The molecule has 0 saturated carbocycles. The zero-order valence-electron chi connectivity index (χ0n) is 14.5. The summed E-state index contributed by atoms with van der Waals surface area (Å²) in [4.78, 5) is 27.3. The van der Waals surface area contributed by atoms with E-state index in [1.807, 2.05) is 43.5 Å². The highest BCUT2D eigenvalue weighted by Crippen LogP contribution is 2.28. The van der Waals surface area contributed by atoms with Gasteiger partial charge in [0.25, 0.3) is 0 Å². The molecule has 0 unspecified atom stereocenters. The fourth-order valence-electron chi connectivity index (χ4n) is 3.05. The predicted molar refractivity (Wildman–Crippen MR) is 102 cm³/mol. The van der Waals surface area contributed by atoms with Crippen molar-refractivity contribution >= 4 is 34.6 Å². The molecule has 1 atom stereocenters. The first kappa shape index (κ1) is 17.5. The second kappa shape index (κ2) is 7.70. The van der Waals surface area contributed by atoms with Crippen molar-refractivity contribution in [2.75, 3.05) is 16.8 Å². The average Bonchev–Trinajstić information content (AvgIpc) is 3.20. The summed E-state index contributed by atoms with van der Waals surface area (Å²) in [6, 6.07) is 9.58. The van der Waals surface area contributed by atoms with Gasteiger partial charge in [-0.15, -0.1) is 11.3 Å². The van der Waals surface area contributed by atoms with Crippen molar-refractivity contribution in [2.45, 2.75) is 39.2 Å². The van der Waals surface area contributed by atoms with Crippen molar-refractivity contribution in [3.05, 3.63) is 46.2 Å². The van der Waals surface area contributed by atoms with Gasteiger partial charge in [-0.1, -0.05) is 12.1 Å². The minimum atomic E-state index is -0.230. The third kappa shape index (κ3) is 4.39. The summed E-state index contributed by atoms with van der Waals surface area (Å²) < 4.78 is 0. The Morgan fingerprint density at radius 1 is 1.36 bits per heavy atom. The number of hydrogen-bond acceptors (Lipinski definition) is 3. The number of rotatable bonds is 5. The molecule has 0 aliphatic carbocycles. The van der Waals surface area contributed by atoms with Gasteiger partial charge in [-0.2, -0.15) is 0 Å². The zero-order chi connectivity index (χ0) is 17.8. The zero-order valence-corrected chi connectivity index (χ0v) is 15.4. The van der Waals surface area contributed by atoms with Crippen LogP contribution in [0.25, 0.3) is 0 Å². The van der Waals surface area contributed by atoms with Crippen LogP contribution in [-0.2, 0) is 11.2 Å². The SMILES string of the molecule is Cc1ccc(NC(=O)N[C@@H](C)Cc2cccs2)cc1N1CCCC1=O. The smallest absolute Gasteiger partial charge is 0.319 e. The molecule has 1 fully saturated rings. The van der Waals surface area contributed by atoms with Gasteiger partial charge in [0, 0.05) is 41.7 Å². The molecule has 1 aromatic carbocycles. The maximum absolute atomic E-state index is 12.2. The first-order valence-corrected chi connectivity index (χ1v) is 9.42. The van der Waals surface area contributed by atoms with Crippen LogP contribution in [0.5, 0.6) is 0 Å². The van der Waals surface area contributed by atoms with Gasteiger partial charge >= 0.3 is 6.03 Å². The number of nitrogens with one attached hydrogen (secondary N) is 2. The van der Waals surface area contributed by atoms with Gasteiger partial charge in [0.05, 0.1) is 0 Å². The average molecular weight is 357 g/mol. The van der Waals surface area contributed by atoms with E-state index >= 15 is 0 Å². The summed E-state index contributed by atoms with van der Waals surface area (Å²) in [6.07, 6.45) is 2.29. The lowest BCUT2D eigenvalue weighted by Gasteiger charge is -2.20. The molecular formula is C19H23N3O2S. The summed E-state index contributed by atoms with van der Waals surface area (Å²) in [7, 11) is 0. The van der Waals surface area contributed by atoms with Crippen LogP contribution in [0.15, 0.2) is 35.7 Å². The standard InChI is InChI=1S/C19H23N3O2S/c1-13-7-8-15(12-17(13)22-9-3-6-18(22)23)21-19(24)20-14(2)11-16-5-4-10-25-16/h4-5,7-8,10,12,14H,3,6,9,11H2,1-2H3,(H2,20,21,24)/t14-/m0/s1. The van der Waals surface area contributed by atoms with Gasteiger partial charge < -0.3 is 15.5 Å². The number of thiophene rings is 1. The van der Waals surface area contributed by atoms with Crippen LogP contribution in [0.4, 0.5) is 16.2 Å². The van der Waals surface area contributed by atoms with Crippen LogP contribution in [-0.4, -0.2) is 24.5 Å². The van der Waals surface area contributed by atoms with E-state index in [9.17, 15) is 9.59 Å². The molecule has 2 N–H and O–H groups in total. The molecule has 1 aromatic heterocycles. The first-order chi connectivity index (χ1) is 12.0. The van der Waals surface area contributed by atoms with E-state index in [0.717, 1.165) is 30.6 Å². The molecule has 25 heavy (non-hydrogen) atoms. The molecule has 132 valence electrons. The van der Waals surface area contributed by atoms with Crippen LogP contribution < -0.4 is 15.5 Å². The van der Waals surface area contributed by atoms with Crippen molar-refractivity contribution in [3.63, 3.8) is 0 Å². The maximum Gasteiger partial charge on any atom is 0.319 e. The maximum atomic E-state index is 12.2. The topological polar surface area (TPSA) is 61.4 Å². The molecule has 2 aromatic rings. The number of aryl methyl sites for hydroxylation is 1. The van der Waals surface area contributed by atoms with E-state index in [2.05, 4.69) is 16.7 Å². The lowest BCUT2D eigenvalue weighted by molar-refractivity contribution is -0.117. The van der Waals surface area contributed by atoms with Crippen LogP contribution in [0.1, 0.15) is 30.2 Å². The molecule has 1 saturated heterocycles. The Morgan fingerprint density at radius 2 is 2.20 bits per heavy atom. The number of carbonyl (C=O) groups excluding carboxylic acids is 2. The molecule has 2 heterocycles. The van der Waals surface area contributed by atoms with Gasteiger partial charge in [0.1, 0.15) is 0 Å². The molecule has 3 amide bonds. The fraction of sp³-hybridized carbons (Fsp3) is 0.368. The van der Waals surface area contributed by atoms with E-state index in [1.165, 1.54) is 4.88 Å². The Balaban J connectivity index is 1.62. The predicted octanol–water partition coefficient (Wildman–Crippen LogP) is 3.94. The van der Waals surface area contributed by atoms with Gasteiger partial charge in [0.15, 0.2) is 0 Å². The Hall–Kier alpha value is -2.34. The monoisotopic (exact) mass is 357 g/mol. The molecule has 6 heteroatoms. The van der Waals surface area contributed by atoms with Crippen LogP contribution in [0.2, 0.25) is 0 Å². The molecule has 1 aliphatic rings. The number of urea groups is 1. The number of benzene rings is 1. The largest absolute Gasteiger partial charge is 0.335 e. The van der Waals surface area contributed by atoms with E-state index in [1.54, 1.807) is 16.2 Å². The van der Waals surface area contributed by atoms with Gasteiger partial charge in [-0.3, -0.25) is 4.79 Å². The third-order valence-electron chi connectivity index (χ3n) is 4.30. The van der Waals surface area contributed by atoms with Crippen molar-refractivity contribution in [3.8, 4) is 0 Å². The molecule has 5 nitrogen and oxygen atoms in total. The Kier molecular flexibility index (Phi) is 5.38. The molecule has 1 aliphatic heterocycles. The summed E-state index contributed by atoms with van der Waals surface area (Å²) in [5.41, 5.74) is 2.61. The van der Waals surface area contributed by atoms with Crippen molar-refractivity contribution in [2.24, 2.45) is 0 Å². The second-order valence-electron chi connectivity index (χ2n) is 6.43. The lowest BCUT2D eigenvalue weighted by Crippen LogP contribution is -2.37. The van der Waals surface area contributed by atoms with Gasteiger partial charge in [-0.05, 0) is 49.4 Å². The quantitative estimate of drug-likeness (QED) is 0.851. The molecule has 3 rings (SSSR count). The Bertz CT molecular complexity index is 758. The highest BCUT2D eigenvalue weighted by atomic mass is 32.1. The van der Waals surface area contributed by atoms with Gasteiger partial charge in [0.2, 0.25) is 5.91 Å². The van der Waals surface area contributed by atoms with Crippen LogP contribution >= 0.6 is 11.3 Å². The Labute approximate surface area is 152 Å². The number of nitrogens with zero attached hydrogens (tertiary/aromatic N) is 1. The van der Waals surface area contributed by atoms with Crippen molar-refractivity contribution in [1.82, 2.24) is 5.32 Å². The summed E-state index contributed by atoms with van der Waals surface area (Å²) in [5, 5.41) is 7.87. The van der Waals surface area contributed by atoms with E-state index < -0.39 is 0 Å². The molecule has 0 radical (unpaired) electrons. The first-order valence-electron chi connectivity index (χ1n) is 8.54. The summed E-state index contributed by atoms with van der Waals surface area (Å²) >= 11 is 1.69. The molecule has 0 bridgehead atoms. The minimum Gasteiger partial charge on any atom is -0.335 e. The van der Waals surface area contributed by atoms with Crippen LogP contribution in [0, 0.1) is 6.92 Å². The van der Waals surface area contributed by atoms with Crippen molar-refractivity contribution < 1.29 is 9.59 Å². The molecular weight excluding hydrogens is 334 g/mol. The van der Waals surface area contributed by atoms with E-state index in [0.29, 0.717) is 12.1 Å². The van der Waals surface area contributed by atoms with Gasteiger partial charge in [-0.25, -0.2) is 4.79 Å². The normalized spacial score (nSPS) is 15.3. The van der Waals surface area contributed by atoms with Crippen LogP contribution in [0.3, 0.4) is 0 Å². The fourth-order valence-corrected chi connectivity index (χ4v) is 3.89.